The van der Waals surface area contributed by atoms with Crippen LogP contribution in [0, 0.1) is 16.6 Å². The molecule has 1 aliphatic carbocycles. The van der Waals surface area contributed by atoms with Gasteiger partial charge in [-0.15, -0.1) is 0 Å². The summed E-state index contributed by atoms with van der Waals surface area (Å²) in [5.74, 6) is -1.97. The lowest BCUT2D eigenvalue weighted by Gasteiger charge is -2.38. The largest absolute Gasteiger partial charge is 0.352 e. The van der Waals surface area contributed by atoms with E-state index in [2.05, 4.69) is 0 Å². The molecule has 6 heteroatoms. The van der Waals surface area contributed by atoms with E-state index >= 15 is 0 Å². The molecule has 37 heavy (non-hydrogen) atoms. The fourth-order valence-electron chi connectivity index (χ4n) is 6.43. The van der Waals surface area contributed by atoms with E-state index in [4.69, 9.17) is 11.6 Å². The highest BCUT2D eigenvalue weighted by molar-refractivity contribution is 6.32. The van der Waals surface area contributed by atoms with Gasteiger partial charge in [0.1, 0.15) is 11.2 Å². The molecule has 2 heterocycles. The molecule has 0 radical (unpaired) electrons. The third-order valence-corrected chi connectivity index (χ3v) is 8.24. The lowest BCUT2D eigenvalue weighted by atomic mass is 9.63. The fraction of sp³-hybridized carbons (Fsp3) is 0.258. The maximum atomic E-state index is 14.4. The molecule has 0 amide bonds. The molecule has 3 aromatic rings. The summed E-state index contributed by atoms with van der Waals surface area (Å²) in [5.41, 5.74) is 0.487. The summed E-state index contributed by atoms with van der Waals surface area (Å²) in [6, 6.07) is 16.5. The number of ketones is 3. The molecule has 1 spiro atoms. The Morgan fingerprint density at radius 2 is 1.57 bits per heavy atom. The number of benzene rings is 3. The van der Waals surface area contributed by atoms with E-state index < -0.39 is 34.6 Å². The molecule has 2 aliphatic heterocycles. The van der Waals surface area contributed by atoms with Crippen LogP contribution in [0.4, 0.5) is 10.1 Å². The summed E-state index contributed by atoms with van der Waals surface area (Å²) >= 11 is 6.30. The first-order valence-corrected chi connectivity index (χ1v) is 12.7. The van der Waals surface area contributed by atoms with Crippen LogP contribution >= 0.6 is 11.6 Å². The number of hydrogen-bond acceptors (Lipinski definition) is 4. The van der Waals surface area contributed by atoms with E-state index in [0.717, 1.165) is 11.3 Å². The molecule has 0 aromatic heterocycles. The van der Waals surface area contributed by atoms with Gasteiger partial charge in [0.05, 0.1) is 12.1 Å². The first-order chi connectivity index (χ1) is 17.6. The van der Waals surface area contributed by atoms with Crippen molar-refractivity contribution in [3.8, 4) is 0 Å². The number of carbonyl (C=O) groups excluding carboxylic acids is 3. The number of rotatable bonds is 2. The second kappa shape index (κ2) is 7.96. The molecule has 186 valence electrons. The van der Waals surface area contributed by atoms with Crippen molar-refractivity contribution in [2.75, 3.05) is 4.90 Å². The topological polar surface area (TPSA) is 54.5 Å². The number of nitrogens with zero attached hydrogens (tertiary/aromatic N) is 1. The molecule has 3 aliphatic rings. The minimum Gasteiger partial charge on any atom is -0.352 e. The van der Waals surface area contributed by atoms with Crippen molar-refractivity contribution >= 4 is 40.7 Å². The molecule has 0 unspecified atom stereocenters. The van der Waals surface area contributed by atoms with Crippen LogP contribution in [0.2, 0.25) is 5.02 Å². The van der Waals surface area contributed by atoms with Gasteiger partial charge in [0, 0.05) is 33.2 Å². The molecule has 3 aromatic carbocycles. The highest BCUT2D eigenvalue weighted by Gasteiger charge is 2.71. The van der Waals surface area contributed by atoms with Crippen LogP contribution in [-0.2, 0) is 4.79 Å². The summed E-state index contributed by atoms with van der Waals surface area (Å²) < 4.78 is 14.1. The Bertz CT molecular complexity index is 1480. The van der Waals surface area contributed by atoms with E-state index in [1.165, 1.54) is 12.1 Å². The third-order valence-electron chi connectivity index (χ3n) is 8.00. The van der Waals surface area contributed by atoms with E-state index in [1.54, 1.807) is 42.5 Å². The lowest BCUT2D eigenvalue weighted by molar-refractivity contribution is -0.127. The minimum atomic E-state index is -1.58. The van der Waals surface area contributed by atoms with Crippen molar-refractivity contribution in [1.82, 2.24) is 0 Å². The molecule has 1 saturated heterocycles. The summed E-state index contributed by atoms with van der Waals surface area (Å²) in [4.78, 5) is 45.1. The van der Waals surface area contributed by atoms with Gasteiger partial charge < -0.3 is 4.90 Å². The zero-order chi connectivity index (χ0) is 26.3. The monoisotopic (exact) mass is 513 g/mol. The second-order valence-corrected chi connectivity index (χ2v) is 11.5. The number of halogens is 2. The first-order valence-electron chi connectivity index (χ1n) is 12.3. The van der Waals surface area contributed by atoms with Gasteiger partial charge in [-0.05, 0) is 41.5 Å². The highest BCUT2D eigenvalue weighted by Crippen LogP contribution is 2.61. The number of carbonyl (C=O) groups is 3. The molecular formula is C31H25ClFNO3. The number of Topliss-reactive ketones (excluding diaryl/α,β-unsaturated/α-hetero) is 3. The smallest absolute Gasteiger partial charge is 0.180 e. The van der Waals surface area contributed by atoms with E-state index in [-0.39, 0.29) is 17.3 Å². The van der Waals surface area contributed by atoms with Crippen LogP contribution in [0.25, 0.3) is 6.08 Å². The number of hydrogen-bond donors (Lipinski definition) is 0. The van der Waals surface area contributed by atoms with E-state index in [9.17, 15) is 18.8 Å². The van der Waals surface area contributed by atoms with Gasteiger partial charge in [-0.1, -0.05) is 80.9 Å². The molecule has 0 bridgehead atoms. The van der Waals surface area contributed by atoms with Crippen LogP contribution in [0.5, 0.6) is 0 Å². The Morgan fingerprint density at radius 3 is 2.16 bits per heavy atom. The maximum Gasteiger partial charge on any atom is 0.180 e. The predicted molar refractivity (Wildman–Crippen MR) is 142 cm³/mol. The molecule has 1 fully saturated rings. The normalized spacial score (nSPS) is 23.3. The van der Waals surface area contributed by atoms with Crippen molar-refractivity contribution in [2.45, 2.75) is 38.8 Å². The van der Waals surface area contributed by atoms with Crippen LogP contribution < -0.4 is 4.90 Å². The third kappa shape index (κ3) is 3.16. The minimum absolute atomic E-state index is 0.101. The molecule has 4 nitrogen and oxygen atoms in total. The molecule has 0 saturated carbocycles. The SMILES string of the molecule is CC(C)(C)C(=O)[C@@H]1[C@@H](c2ccc(F)cc2)C2(C(=O)c3ccccc3C2=O)[C@@H]2C=Cc3cc(Cl)ccc3N12. The van der Waals surface area contributed by atoms with Crippen molar-refractivity contribution < 1.29 is 18.8 Å². The van der Waals surface area contributed by atoms with Gasteiger partial charge in [-0.2, -0.15) is 0 Å². The molecule has 0 N–H and O–H groups in total. The summed E-state index contributed by atoms with van der Waals surface area (Å²) in [6.07, 6.45) is 3.73. The lowest BCUT2D eigenvalue weighted by Crippen LogP contribution is -2.49. The van der Waals surface area contributed by atoms with Crippen LogP contribution in [0.1, 0.15) is 58.5 Å². The second-order valence-electron chi connectivity index (χ2n) is 11.1. The summed E-state index contributed by atoms with van der Waals surface area (Å²) in [6.45, 7) is 5.52. The Balaban J connectivity index is 1.70. The van der Waals surface area contributed by atoms with Crippen molar-refractivity contribution in [3.63, 3.8) is 0 Å². The summed E-state index contributed by atoms with van der Waals surface area (Å²) in [5, 5.41) is 0.546. The standard InChI is InChI=1S/C31H25ClFNO3/c1-30(2,3)29(37)26-25(17-8-12-20(33)13-9-17)31(27(35)21-6-4-5-7-22(21)28(31)36)24-15-10-18-16-19(32)11-14-23(18)34(24)26/h4-16,24-26H,1-3H3/t24-,25+,26-/m0/s1. The van der Waals surface area contributed by atoms with Gasteiger partial charge in [-0.25, -0.2) is 4.39 Å². The Labute approximate surface area is 219 Å². The first kappa shape index (κ1) is 23.8. The van der Waals surface area contributed by atoms with Crippen molar-refractivity contribution in [3.05, 3.63) is 106 Å². The Kier molecular flexibility index (Phi) is 5.12. The Morgan fingerprint density at radius 1 is 0.946 bits per heavy atom. The fourth-order valence-corrected chi connectivity index (χ4v) is 6.62. The van der Waals surface area contributed by atoms with Crippen molar-refractivity contribution in [1.29, 1.82) is 0 Å². The summed E-state index contributed by atoms with van der Waals surface area (Å²) in [7, 11) is 0. The van der Waals surface area contributed by atoms with E-state index in [1.807, 2.05) is 50.0 Å². The van der Waals surface area contributed by atoms with Gasteiger partial charge in [0.2, 0.25) is 0 Å². The predicted octanol–water partition coefficient (Wildman–Crippen LogP) is 6.53. The van der Waals surface area contributed by atoms with Gasteiger partial charge in [0.15, 0.2) is 17.3 Å². The van der Waals surface area contributed by atoms with Gasteiger partial charge >= 0.3 is 0 Å². The molecule has 6 rings (SSSR count). The Hall–Kier alpha value is -3.57. The average molecular weight is 514 g/mol. The zero-order valence-corrected chi connectivity index (χ0v) is 21.4. The van der Waals surface area contributed by atoms with Crippen molar-refractivity contribution in [2.24, 2.45) is 10.8 Å². The van der Waals surface area contributed by atoms with E-state index in [0.29, 0.717) is 21.7 Å². The van der Waals surface area contributed by atoms with Crippen LogP contribution in [0.15, 0.2) is 72.8 Å². The van der Waals surface area contributed by atoms with Crippen LogP contribution in [0.3, 0.4) is 0 Å². The molecular weight excluding hydrogens is 489 g/mol. The quantitative estimate of drug-likeness (QED) is 0.366. The maximum absolute atomic E-state index is 14.4. The number of anilines is 1. The number of fused-ring (bicyclic) bond motifs is 5. The van der Waals surface area contributed by atoms with Gasteiger partial charge in [-0.3, -0.25) is 14.4 Å². The van der Waals surface area contributed by atoms with Crippen LogP contribution in [-0.4, -0.2) is 29.4 Å². The van der Waals surface area contributed by atoms with Gasteiger partial charge in [0.25, 0.3) is 0 Å². The average Bonchev–Trinajstić information content (AvgIpc) is 3.29. The highest BCUT2D eigenvalue weighted by atomic mass is 35.5. The zero-order valence-electron chi connectivity index (χ0n) is 20.7. The molecule has 3 atom stereocenters.